The number of rotatable bonds is 5. The van der Waals surface area contributed by atoms with E-state index in [4.69, 9.17) is 11.6 Å². The van der Waals surface area contributed by atoms with Crippen molar-refractivity contribution in [2.75, 3.05) is 39.8 Å². The summed E-state index contributed by atoms with van der Waals surface area (Å²) in [5, 5.41) is 0.159. The lowest BCUT2D eigenvalue weighted by atomic mass is 10.2. The van der Waals surface area contributed by atoms with Crippen molar-refractivity contribution in [3.05, 3.63) is 34.6 Å². The Kier molecular flexibility index (Phi) is 5.96. The Labute approximate surface area is 129 Å². The Hall–Kier alpha value is -1.17. The molecule has 21 heavy (non-hydrogen) atoms. The fraction of sp³-hybridized carbons (Fsp3) is 0.533. The van der Waals surface area contributed by atoms with Gasteiger partial charge in [-0.05, 0) is 17.7 Å². The van der Waals surface area contributed by atoms with Gasteiger partial charge in [-0.15, -0.1) is 0 Å². The number of piperazine rings is 1. The summed E-state index contributed by atoms with van der Waals surface area (Å²) < 4.78 is 18.0. The maximum absolute atomic E-state index is 13.4. The topological polar surface area (TPSA) is 32.8 Å². The number of carbonyl (C=O) groups is 1. The number of ether oxygens (including phenoxy) is 1. The highest BCUT2D eigenvalue weighted by atomic mass is 35.5. The van der Waals surface area contributed by atoms with E-state index in [1.807, 2.05) is 6.07 Å². The first-order valence-electron chi connectivity index (χ1n) is 7.04. The maximum Gasteiger partial charge on any atom is 0.306 e. The second-order valence-electron chi connectivity index (χ2n) is 5.19. The summed E-state index contributed by atoms with van der Waals surface area (Å²) in [5.74, 6) is -0.542. The summed E-state index contributed by atoms with van der Waals surface area (Å²) in [5.41, 5.74) is 0.930. The first kappa shape index (κ1) is 16.2. The molecule has 1 aliphatic heterocycles. The van der Waals surface area contributed by atoms with Crippen molar-refractivity contribution in [3.8, 4) is 0 Å². The van der Waals surface area contributed by atoms with Gasteiger partial charge in [-0.2, -0.15) is 0 Å². The summed E-state index contributed by atoms with van der Waals surface area (Å²) in [4.78, 5) is 15.6. The van der Waals surface area contributed by atoms with Crippen molar-refractivity contribution < 1.29 is 13.9 Å². The summed E-state index contributed by atoms with van der Waals surface area (Å²) >= 11 is 5.68. The van der Waals surface area contributed by atoms with Crippen LogP contribution in [0.5, 0.6) is 0 Å². The highest BCUT2D eigenvalue weighted by Crippen LogP contribution is 2.17. The molecule has 0 amide bonds. The standard InChI is InChI=1S/C15H20ClFN2O2/c1-21-15(20)4-5-18-6-8-19(9-7-18)11-12-2-3-13(16)14(17)10-12/h2-3,10H,4-9,11H2,1H3. The highest BCUT2D eigenvalue weighted by Gasteiger charge is 2.18. The molecule has 4 nitrogen and oxygen atoms in total. The lowest BCUT2D eigenvalue weighted by molar-refractivity contribution is -0.141. The molecule has 0 unspecified atom stereocenters. The van der Waals surface area contributed by atoms with Gasteiger partial charge in [0.15, 0.2) is 0 Å². The van der Waals surface area contributed by atoms with Crippen LogP contribution in [0.4, 0.5) is 4.39 Å². The van der Waals surface area contributed by atoms with E-state index in [0.717, 1.165) is 44.8 Å². The highest BCUT2D eigenvalue weighted by molar-refractivity contribution is 6.30. The molecule has 0 spiro atoms. The molecule has 6 heteroatoms. The third-order valence-electron chi connectivity index (χ3n) is 3.71. The molecule has 1 fully saturated rings. The van der Waals surface area contributed by atoms with Gasteiger partial charge in [-0.25, -0.2) is 4.39 Å². The maximum atomic E-state index is 13.4. The van der Waals surface area contributed by atoms with Crippen molar-refractivity contribution in [1.29, 1.82) is 0 Å². The number of carbonyl (C=O) groups excluding carboxylic acids is 1. The van der Waals surface area contributed by atoms with Crippen LogP contribution >= 0.6 is 11.6 Å². The van der Waals surface area contributed by atoms with Gasteiger partial charge in [-0.1, -0.05) is 17.7 Å². The van der Waals surface area contributed by atoms with Gasteiger partial charge in [0.05, 0.1) is 18.6 Å². The molecule has 1 aliphatic rings. The molecule has 0 N–H and O–H groups in total. The van der Waals surface area contributed by atoms with Gasteiger partial charge in [-0.3, -0.25) is 9.69 Å². The molecule has 1 aromatic rings. The zero-order chi connectivity index (χ0) is 15.2. The third kappa shape index (κ3) is 4.95. The van der Waals surface area contributed by atoms with Crippen molar-refractivity contribution in [2.24, 2.45) is 0 Å². The minimum Gasteiger partial charge on any atom is -0.469 e. The van der Waals surface area contributed by atoms with Gasteiger partial charge in [0.1, 0.15) is 5.82 Å². The number of benzene rings is 1. The Bertz CT molecular complexity index is 491. The summed E-state index contributed by atoms with van der Waals surface area (Å²) in [6.45, 7) is 5.09. The number of halogens is 2. The second kappa shape index (κ2) is 7.73. The van der Waals surface area contributed by atoms with Gasteiger partial charge >= 0.3 is 5.97 Å². The average Bonchev–Trinajstić information content (AvgIpc) is 2.50. The number of hydrogen-bond donors (Lipinski definition) is 0. The molecular formula is C15H20ClFN2O2. The van der Waals surface area contributed by atoms with Crippen molar-refractivity contribution in [3.63, 3.8) is 0 Å². The number of esters is 1. The van der Waals surface area contributed by atoms with Crippen LogP contribution in [-0.2, 0) is 16.1 Å². The van der Waals surface area contributed by atoms with Crippen molar-refractivity contribution >= 4 is 17.6 Å². The zero-order valence-electron chi connectivity index (χ0n) is 12.1. The Morgan fingerprint density at radius 3 is 2.57 bits per heavy atom. The van der Waals surface area contributed by atoms with Crippen molar-refractivity contribution in [1.82, 2.24) is 9.80 Å². The molecule has 0 aliphatic carbocycles. The van der Waals surface area contributed by atoms with E-state index in [0.29, 0.717) is 6.42 Å². The van der Waals surface area contributed by atoms with Crippen LogP contribution in [0.3, 0.4) is 0 Å². The predicted molar refractivity (Wildman–Crippen MR) is 79.8 cm³/mol. The van der Waals surface area contributed by atoms with Crippen LogP contribution < -0.4 is 0 Å². The van der Waals surface area contributed by atoms with Crippen LogP contribution in [0.25, 0.3) is 0 Å². The largest absolute Gasteiger partial charge is 0.469 e. The van der Waals surface area contributed by atoms with Crippen LogP contribution in [0.15, 0.2) is 18.2 Å². The zero-order valence-corrected chi connectivity index (χ0v) is 12.9. The Balaban J connectivity index is 1.76. The SMILES string of the molecule is COC(=O)CCN1CCN(Cc2ccc(Cl)c(F)c2)CC1. The molecule has 2 rings (SSSR count). The van der Waals surface area contributed by atoms with E-state index >= 15 is 0 Å². The van der Waals surface area contributed by atoms with Gasteiger partial charge in [0.2, 0.25) is 0 Å². The van der Waals surface area contributed by atoms with E-state index in [-0.39, 0.29) is 16.8 Å². The second-order valence-corrected chi connectivity index (χ2v) is 5.60. The lowest BCUT2D eigenvalue weighted by Crippen LogP contribution is -2.46. The molecule has 0 saturated carbocycles. The van der Waals surface area contributed by atoms with Crippen LogP contribution in [-0.4, -0.2) is 55.6 Å². The first-order chi connectivity index (χ1) is 10.1. The van der Waals surface area contributed by atoms with E-state index in [1.165, 1.54) is 13.2 Å². The smallest absolute Gasteiger partial charge is 0.306 e. The van der Waals surface area contributed by atoms with Crippen molar-refractivity contribution in [2.45, 2.75) is 13.0 Å². The molecule has 0 radical (unpaired) electrons. The molecule has 1 saturated heterocycles. The molecule has 0 aromatic heterocycles. The third-order valence-corrected chi connectivity index (χ3v) is 4.02. The number of nitrogens with zero attached hydrogens (tertiary/aromatic N) is 2. The quantitative estimate of drug-likeness (QED) is 0.780. The predicted octanol–water partition coefficient (Wildman–Crippen LogP) is 2.16. The Morgan fingerprint density at radius 1 is 1.29 bits per heavy atom. The van der Waals surface area contributed by atoms with E-state index in [1.54, 1.807) is 6.07 Å². The molecule has 116 valence electrons. The van der Waals surface area contributed by atoms with E-state index < -0.39 is 0 Å². The molecular weight excluding hydrogens is 295 g/mol. The lowest BCUT2D eigenvalue weighted by Gasteiger charge is -2.34. The minimum absolute atomic E-state index is 0.159. The molecule has 1 heterocycles. The van der Waals surface area contributed by atoms with Gasteiger partial charge in [0.25, 0.3) is 0 Å². The van der Waals surface area contributed by atoms with Gasteiger partial charge in [0, 0.05) is 39.3 Å². The number of hydrogen-bond acceptors (Lipinski definition) is 4. The minimum atomic E-state index is -0.370. The average molecular weight is 315 g/mol. The Morgan fingerprint density at radius 2 is 1.95 bits per heavy atom. The monoisotopic (exact) mass is 314 g/mol. The summed E-state index contributed by atoms with van der Waals surface area (Å²) in [7, 11) is 1.41. The first-order valence-corrected chi connectivity index (χ1v) is 7.41. The van der Waals surface area contributed by atoms with Crippen LogP contribution in [0, 0.1) is 5.82 Å². The summed E-state index contributed by atoms with van der Waals surface area (Å²) in [6, 6.07) is 4.94. The van der Waals surface area contributed by atoms with Gasteiger partial charge < -0.3 is 9.64 Å². The molecule has 0 atom stereocenters. The fourth-order valence-electron chi connectivity index (χ4n) is 2.42. The van der Waals surface area contributed by atoms with Crippen LogP contribution in [0.2, 0.25) is 5.02 Å². The summed E-state index contributed by atoms with van der Waals surface area (Å²) in [6.07, 6.45) is 0.429. The molecule has 1 aromatic carbocycles. The molecule has 0 bridgehead atoms. The normalized spacial score (nSPS) is 16.9. The van der Waals surface area contributed by atoms with E-state index in [2.05, 4.69) is 14.5 Å². The fourth-order valence-corrected chi connectivity index (χ4v) is 2.54. The van der Waals surface area contributed by atoms with E-state index in [9.17, 15) is 9.18 Å². The van der Waals surface area contributed by atoms with Crippen LogP contribution in [0.1, 0.15) is 12.0 Å². The number of methoxy groups -OCH3 is 1.